The Morgan fingerprint density at radius 1 is 1.38 bits per heavy atom. The van der Waals surface area contributed by atoms with Gasteiger partial charge in [-0.15, -0.1) is 0 Å². The van der Waals surface area contributed by atoms with E-state index in [1.165, 1.54) is 31.5 Å². The fourth-order valence-corrected chi connectivity index (χ4v) is 2.74. The number of anilines is 1. The quantitative estimate of drug-likeness (QED) is 0.846. The van der Waals surface area contributed by atoms with Crippen LogP contribution in [0.1, 0.15) is 18.4 Å². The van der Waals surface area contributed by atoms with E-state index >= 15 is 0 Å². The molecule has 16 heavy (non-hydrogen) atoms. The van der Waals surface area contributed by atoms with Crippen molar-refractivity contribution >= 4 is 21.6 Å². The van der Waals surface area contributed by atoms with Crippen LogP contribution < -0.4 is 5.73 Å². The number of nitrogens with two attached hydrogens (primary N) is 1. The molecule has 0 spiro atoms. The van der Waals surface area contributed by atoms with Gasteiger partial charge in [0.05, 0.1) is 0 Å². The Morgan fingerprint density at radius 3 is 2.75 bits per heavy atom. The van der Waals surface area contributed by atoms with Gasteiger partial charge in [0.15, 0.2) is 0 Å². The number of hydrogen-bond donors (Lipinski definition) is 1. The van der Waals surface area contributed by atoms with E-state index in [-0.39, 0.29) is 0 Å². The summed E-state index contributed by atoms with van der Waals surface area (Å²) in [5.41, 5.74) is 8.28. The highest BCUT2D eigenvalue weighted by Crippen LogP contribution is 2.28. The average molecular weight is 283 g/mol. The molecule has 0 aliphatic carbocycles. The number of para-hydroxylation sites is 1. The molecule has 2 N–H and O–H groups in total. The second kappa shape index (κ2) is 5.19. The van der Waals surface area contributed by atoms with Crippen molar-refractivity contribution in [3.8, 4) is 0 Å². The highest BCUT2D eigenvalue weighted by atomic mass is 79.9. The van der Waals surface area contributed by atoms with Crippen LogP contribution >= 0.6 is 15.9 Å². The summed E-state index contributed by atoms with van der Waals surface area (Å²) in [6.07, 6.45) is 3.71. The first-order chi connectivity index (χ1) is 7.66. The molecule has 1 heterocycles. The van der Waals surface area contributed by atoms with Crippen LogP contribution in [0.15, 0.2) is 22.7 Å². The molecule has 0 unspecified atom stereocenters. The number of nitrogens with zero attached hydrogens (tertiary/aromatic N) is 1. The van der Waals surface area contributed by atoms with Gasteiger partial charge in [-0.1, -0.05) is 12.1 Å². The van der Waals surface area contributed by atoms with Gasteiger partial charge in [-0.25, -0.2) is 0 Å². The number of hydrogen-bond acceptors (Lipinski definition) is 2. The van der Waals surface area contributed by atoms with E-state index in [1.54, 1.807) is 0 Å². The Bertz CT molecular complexity index is 357. The molecule has 1 aromatic carbocycles. The van der Waals surface area contributed by atoms with Crippen LogP contribution in [0.5, 0.6) is 0 Å². The summed E-state index contributed by atoms with van der Waals surface area (Å²) < 4.78 is 1.03. The minimum absolute atomic E-state index is 0.799. The minimum Gasteiger partial charge on any atom is -0.398 e. The van der Waals surface area contributed by atoms with Crippen LogP contribution in [-0.2, 0) is 6.42 Å². The number of benzene rings is 1. The zero-order chi connectivity index (χ0) is 11.5. The Labute approximate surface area is 106 Å². The lowest BCUT2D eigenvalue weighted by Crippen LogP contribution is -2.31. The Morgan fingerprint density at radius 2 is 2.06 bits per heavy atom. The van der Waals surface area contributed by atoms with Crippen LogP contribution in [-0.4, -0.2) is 25.0 Å². The van der Waals surface area contributed by atoms with Crippen LogP contribution in [0, 0.1) is 5.92 Å². The lowest BCUT2D eigenvalue weighted by atomic mass is 9.90. The highest BCUT2D eigenvalue weighted by Gasteiger charge is 2.18. The standard InChI is InChI=1S/C13H19BrN2/c1-16-7-5-10(6-8-16)9-11-3-2-4-12(14)13(11)15/h2-4,10H,5-9,15H2,1H3. The maximum Gasteiger partial charge on any atom is 0.0491 e. The monoisotopic (exact) mass is 282 g/mol. The number of halogens is 1. The Hall–Kier alpha value is -0.540. The second-order valence-corrected chi connectivity index (χ2v) is 5.62. The molecule has 1 aromatic rings. The Balaban J connectivity index is 2.01. The number of piperidine rings is 1. The third kappa shape index (κ3) is 2.77. The van der Waals surface area contributed by atoms with Crippen LogP contribution in [0.25, 0.3) is 0 Å². The second-order valence-electron chi connectivity index (χ2n) is 4.76. The summed E-state index contributed by atoms with van der Waals surface area (Å²) in [7, 11) is 2.20. The highest BCUT2D eigenvalue weighted by molar-refractivity contribution is 9.10. The summed E-state index contributed by atoms with van der Waals surface area (Å²) in [6.45, 7) is 2.44. The van der Waals surface area contributed by atoms with Crippen molar-refractivity contribution in [3.05, 3.63) is 28.2 Å². The molecule has 0 bridgehead atoms. The van der Waals surface area contributed by atoms with Crippen molar-refractivity contribution in [2.75, 3.05) is 25.9 Å². The van der Waals surface area contributed by atoms with Gasteiger partial charge in [0, 0.05) is 10.2 Å². The molecular weight excluding hydrogens is 264 g/mol. The molecule has 0 radical (unpaired) electrons. The van der Waals surface area contributed by atoms with Gasteiger partial charge in [0.25, 0.3) is 0 Å². The molecule has 2 nitrogen and oxygen atoms in total. The summed E-state index contributed by atoms with van der Waals surface area (Å²) in [5.74, 6) is 0.799. The lowest BCUT2D eigenvalue weighted by molar-refractivity contribution is 0.219. The van der Waals surface area contributed by atoms with E-state index in [4.69, 9.17) is 5.73 Å². The number of nitrogen functional groups attached to an aromatic ring is 1. The maximum absolute atomic E-state index is 6.07. The molecular formula is C13H19BrN2. The summed E-state index contributed by atoms with van der Waals surface area (Å²) in [6, 6.07) is 6.23. The lowest BCUT2D eigenvalue weighted by Gasteiger charge is -2.29. The largest absolute Gasteiger partial charge is 0.398 e. The van der Waals surface area contributed by atoms with Crippen LogP contribution in [0.4, 0.5) is 5.69 Å². The number of likely N-dealkylation sites (tertiary alicyclic amines) is 1. The third-order valence-electron chi connectivity index (χ3n) is 3.49. The first kappa shape index (κ1) is 11.9. The molecule has 0 amide bonds. The molecule has 0 aromatic heterocycles. The zero-order valence-electron chi connectivity index (χ0n) is 9.75. The van der Waals surface area contributed by atoms with Gasteiger partial charge in [0.1, 0.15) is 0 Å². The molecule has 1 saturated heterocycles. The predicted octanol–water partition coefficient (Wildman–Crippen LogP) is 2.92. The van der Waals surface area contributed by atoms with Crippen LogP contribution in [0.2, 0.25) is 0 Å². The topological polar surface area (TPSA) is 29.3 Å². The van der Waals surface area contributed by atoms with Gasteiger partial charge in [0.2, 0.25) is 0 Å². The fourth-order valence-electron chi connectivity index (χ4n) is 2.34. The molecule has 1 aliphatic rings. The summed E-state index contributed by atoms with van der Waals surface area (Å²) in [5, 5.41) is 0. The first-order valence-electron chi connectivity index (χ1n) is 5.88. The van der Waals surface area contributed by atoms with Gasteiger partial charge < -0.3 is 10.6 Å². The molecule has 3 heteroatoms. The summed E-state index contributed by atoms with van der Waals surface area (Å²) in [4.78, 5) is 2.40. The van der Waals surface area contributed by atoms with E-state index in [1.807, 2.05) is 6.07 Å². The predicted molar refractivity (Wildman–Crippen MR) is 72.5 cm³/mol. The van der Waals surface area contributed by atoms with Gasteiger partial charge in [-0.2, -0.15) is 0 Å². The fraction of sp³-hybridized carbons (Fsp3) is 0.538. The van der Waals surface area contributed by atoms with E-state index in [0.717, 1.165) is 22.5 Å². The molecule has 0 saturated carbocycles. The van der Waals surface area contributed by atoms with Crippen molar-refractivity contribution in [1.82, 2.24) is 4.90 Å². The van der Waals surface area contributed by atoms with Crippen molar-refractivity contribution in [3.63, 3.8) is 0 Å². The smallest absolute Gasteiger partial charge is 0.0491 e. The van der Waals surface area contributed by atoms with Crippen molar-refractivity contribution in [1.29, 1.82) is 0 Å². The molecule has 88 valence electrons. The molecule has 1 fully saturated rings. The minimum atomic E-state index is 0.799. The Kier molecular flexibility index (Phi) is 3.87. The van der Waals surface area contributed by atoms with Crippen molar-refractivity contribution in [2.45, 2.75) is 19.3 Å². The number of rotatable bonds is 2. The molecule has 1 aliphatic heterocycles. The zero-order valence-corrected chi connectivity index (χ0v) is 11.3. The van der Waals surface area contributed by atoms with E-state index in [2.05, 4.69) is 40.0 Å². The van der Waals surface area contributed by atoms with Crippen molar-refractivity contribution < 1.29 is 0 Å². The SMILES string of the molecule is CN1CCC(Cc2cccc(Br)c2N)CC1. The van der Waals surface area contributed by atoms with E-state index in [0.29, 0.717) is 0 Å². The molecule has 2 rings (SSSR count). The van der Waals surface area contributed by atoms with Gasteiger partial charge in [-0.05, 0) is 72.9 Å². The van der Waals surface area contributed by atoms with E-state index < -0.39 is 0 Å². The van der Waals surface area contributed by atoms with Crippen molar-refractivity contribution in [2.24, 2.45) is 5.92 Å². The van der Waals surface area contributed by atoms with Gasteiger partial charge >= 0.3 is 0 Å². The third-order valence-corrected chi connectivity index (χ3v) is 4.18. The normalized spacial score (nSPS) is 18.9. The maximum atomic E-state index is 6.07. The first-order valence-corrected chi connectivity index (χ1v) is 6.67. The average Bonchev–Trinajstić information content (AvgIpc) is 2.28. The summed E-state index contributed by atoms with van der Waals surface area (Å²) >= 11 is 3.49. The van der Waals surface area contributed by atoms with Gasteiger partial charge in [-0.3, -0.25) is 0 Å². The molecule has 0 atom stereocenters. The van der Waals surface area contributed by atoms with E-state index in [9.17, 15) is 0 Å². The van der Waals surface area contributed by atoms with Crippen LogP contribution in [0.3, 0.4) is 0 Å².